The van der Waals surface area contributed by atoms with Crippen LogP contribution in [0.25, 0.3) is 22.0 Å². The van der Waals surface area contributed by atoms with Crippen LogP contribution in [0, 0.1) is 0 Å². The molecule has 26 heavy (non-hydrogen) atoms. The van der Waals surface area contributed by atoms with E-state index < -0.39 is 0 Å². The molecule has 0 radical (unpaired) electrons. The first-order chi connectivity index (χ1) is 12.8. The van der Waals surface area contributed by atoms with E-state index in [0.717, 1.165) is 35.4 Å². The third-order valence-electron chi connectivity index (χ3n) is 4.42. The minimum absolute atomic E-state index is 0.0980. The Hall–Kier alpha value is -3.27. The van der Waals surface area contributed by atoms with Crippen LogP contribution < -0.4 is 10.3 Å². The molecule has 0 aliphatic carbocycles. The lowest BCUT2D eigenvalue weighted by Gasteiger charge is -2.14. The highest BCUT2D eigenvalue weighted by atomic mass is 16.5. The van der Waals surface area contributed by atoms with E-state index in [1.54, 1.807) is 0 Å². The van der Waals surface area contributed by atoms with Gasteiger partial charge in [-0.15, -0.1) is 0 Å². The van der Waals surface area contributed by atoms with Crippen LogP contribution in [0.15, 0.2) is 83.9 Å². The van der Waals surface area contributed by atoms with Gasteiger partial charge in [-0.3, -0.25) is 4.79 Å². The van der Waals surface area contributed by atoms with Crippen LogP contribution in [-0.2, 0) is 6.54 Å². The third-order valence-corrected chi connectivity index (χ3v) is 4.42. The van der Waals surface area contributed by atoms with Crippen molar-refractivity contribution in [3.8, 4) is 17.0 Å². The van der Waals surface area contributed by atoms with Crippen molar-refractivity contribution in [2.45, 2.75) is 13.0 Å². The predicted molar refractivity (Wildman–Crippen MR) is 105 cm³/mol. The monoisotopic (exact) mass is 344 g/mol. The summed E-state index contributed by atoms with van der Waals surface area (Å²) in [4.78, 5) is 15.5. The molecule has 0 saturated carbocycles. The molecular formula is C22H20N2O2. The highest BCUT2D eigenvalue weighted by Gasteiger charge is 2.14. The van der Waals surface area contributed by atoms with Crippen LogP contribution >= 0.6 is 0 Å². The van der Waals surface area contributed by atoms with Crippen LogP contribution in [0.4, 0.5) is 0 Å². The Morgan fingerprint density at radius 3 is 2.31 bits per heavy atom. The van der Waals surface area contributed by atoms with E-state index in [1.165, 1.54) is 0 Å². The van der Waals surface area contributed by atoms with Gasteiger partial charge in [-0.25, -0.2) is 0 Å². The predicted octanol–water partition coefficient (Wildman–Crippen LogP) is 4.47. The molecule has 0 saturated heterocycles. The van der Waals surface area contributed by atoms with Gasteiger partial charge >= 0.3 is 0 Å². The Labute approximate surface area is 151 Å². The van der Waals surface area contributed by atoms with Crippen LogP contribution in [0.3, 0.4) is 0 Å². The van der Waals surface area contributed by atoms with E-state index >= 15 is 0 Å². The molecule has 1 N–H and O–H groups in total. The highest BCUT2D eigenvalue weighted by molar-refractivity contribution is 5.92. The molecule has 4 aromatic rings. The molecule has 4 heteroatoms. The van der Waals surface area contributed by atoms with E-state index in [-0.39, 0.29) is 5.56 Å². The Bertz CT molecular complexity index is 1050. The van der Waals surface area contributed by atoms with Gasteiger partial charge in [0, 0.05) is 29.9 Å². The van der Waals surface area contributed by atoms with Crippen molar-refractivity contribution in [2.75, 3.05) is 6.61 Å². The van der Waals surface area contributed by atoms with Crippen LogP contribution in [0.1, 0.15) is 6.42 Å². The number of aromatic nitrogens is 2. The summed E-state index contributed by atoms with van der Waals surface area (Å²) in [5.41, 5.74) is 1.57. The van der Waals surface area contributed by atoms with Crippen LogP contribution in [0.2, 0.25) is 0 Å². The number of fused-ring (bicyclic) bond motifs is 1. The number of hydrogen-bond acceptors (Lipinski definition) is 2. The zero-order valence-corrected chi connectivity index (χ0v) is 14.4. The molecule has 130 valence electrons. The minimum Gasteiger partial charge on any atom is -0.491 e. The molecule has 2 heterocycles. The molecule has 2 aromatic carbocycles. The quantitative estimate of drug-likeness (QED) is 0.525. The number of rotatable bonds is 6. The molecule has 0 spiro atoms. The molecule has 0 unspecified atom stereocenters. The molecular weight excluding hydrogens is 324 g/mol. The van der Waals surface area contributed by atoms with E-state index in [9.17, 15) is 4.79 Å². The van der Waals surface area contributed by atoms with Crippen LogP contribution in [0.5, 0.6) is 5.75 Å². The fourth-order valence-electron chi connectivity index (χ4n) is 3.15. The lowest BCUT2D eigenvalue weighted by atomic mass is 10.1. The summed E-state index contributed by atoms with van der Waals surface area (Å²) in [5, 5.41) is 1.49. The number of nitrogens with zero attached hydrogens (tertiary/aromatic N) is 1. The first kappa shape index (κ1) is 16.2. The Kier molecular flexibility index (Phi) is 4.56. The number of pyridine rings is 1. The van der Waals surface area contributed by atoms with Gasteiger partial charge in [0.15, 0.2) is 5.75 Å². The van der Waals surface area contributed by atoms with E-state index in [1.807, 2.05) is 79.1 Å². The first-order valence-electron chi connectivity index (χ1n) is 8.77. The molecule has 4 rings (SSSR count). The summed E-state index contributed by atoms with van der Waals surface area (Å²) in [6, 6.07) is 21.4. The van der Waals surface area contributed by atoms with Gasteiger partial charge in [-0.05, 0) is 24.6 Å². The second kappa shape index (κ2) is 7.31. The maximum absolute atomic E-state index is 12.5. The SMILES string of the molecule is O=c1[nH]c(-c2ccccc2)c(OCCCn2cccc2)c2ccccc12. The van der Waals surface area contributed by atoms with Crippen molar-refractivity contribution < 1.29 is 4.74 Å². The van der Waals surface area contributed by atoms with Crippen molar-refractivity contribution in [3.63, 3.8) is 0 Å². The van der Waals surface area contributed by atoms with Crippen molar-refractivity contribution in [2.24, 2.45) is 0 Å². The number of hydrogen-bond donors (Lipinski definition) is 1. The number of ether oxygens (including phenoxy) is 1. The molecule has 0 bridgehead atoms. The number of aryl methyl sites for hydroxylation is 1. The van der Waals surface area contributed by atoms with Crippen molar-refractivity contribution in [1.29, 1.82) is 0 Å². The van der Waals surface area contributed by atoms with E-state index in [2.05, 4.69) is 9.55 Å². The second-order valence-electron chi connectivity index (χ2n) is 6.19. The van der Waals surface area contributed by atoms with Gasteiger partial charge in [0.25, 0.3) is 5.56 Å². The van der Waals surface area contributed by atoms with Crippen molar-refractivity contribution >= 4 is 10.8 Å². The van der Waals surface area contributed by atoms with Gasteiger partial charge in [0.05, 0.1) is 17.7 Å². The van der Waals surface area contributed by atoms with Gasteiger partial charge in [-0.2, -0.15) is 0 Å². The summed E-state index contributed by atoms with van der Waals surface area (Å²) >= 11 is 0. The Balaban J connectivity index is 1.68. The largest absolute Gasteiger partial charge is 0.491 e. The first-order valence-corrected chi connectivity index (χ1v) is 8.77. The maximum Gasteiger partial charge on any atom is 0.256 e. The van der Waals surface area contributed by atoms with Crippen molar-refractivity contribution in [3.05, 3.63) is 89.5 Å². The topological polar surface area (TPSA) is 47.0 Å². The summed E-state index contributed by atoms with van der Waals surface area (Å²) in [7, 11) is 0. The van der Waals surface area contributed by atoms with Gasteiger partial charge in [0.1, 0.15) is 0 Å². The molecule has 2 aromatic heterocycles. The Morgan fingerprint density at radius 1 is 0.846 bits per heavy atom. The smallest absolute Gasteiger partial charge is 0.256 e. The number of H-pyrrole nitrogens is 1. The Morgan fingerprint density at radius 2 is 1.54 bits per heavy atom. The second-order valence-corrected chi connectivity index (χ2v) is 6.19. The van der Waals surface area contributed by atoms with Gasteiger partial charge < -0.3 is 14.3 Å². The zero-order chi connectivity index (χ0) is 17.8. The number of nitrogens with one attached hydrogen (secondary N) is 1. The summed E-state index contributed by atoms with van der Waals surface area (Å²) in [6.07, 6.45) is 4.98. The summed E-state index contributed by atoms with van der Waals surface area (Å²) in [5.74, 6) is 0.735. The summed E-state index contributed by atoms with van der Waals surface area (Å²) < 4.78 is 8.31. The minimum atomic E-state index is -0.0980. The van der Waals surface area contributed by atoms with Crippen molar-refractivity contribution in [1.82, 2.24) is 9.55 Å². The lowest BCUT2D eigenvalue weighted by molar-refractivity contribution is 0.305. The normalized spacial score (nSPS) is 10.9. The lowest BCUT2D eigenvalue weighted by Crippen LogP contribution is -2.11. The fourth-order valence-corrected chi connectivity index (χ4v) is 3.15. The molecule has 0 aliphatic heterocycles. The molecule has 0 aliphatic rings. The number of aromatic amines is 1. The molecule has 0 fully saturated rings. The fraction of sp³-hybridized carbons (Fsp3) is 0.136. The standard InChI is InChI=1S/C22H20N2O2/c25-22-19-12-5-4-11-18(19)21(20(23-22)17-9-2-1-3-10-17)26-16-8-15-24-13-6-7-14-24/h1-7,9-14H,8,15-16H2,(H,23,25). The van der Waals surface area contributed by atoms with Gasteiger partial charge in [-0.1, -0.05) is 48.5 Å². The molecule has 0 amide bonds. The maximum atomic E-state index is 12.5. The van der Waals surface area contributed by atoms with E-state index in [4.69, 9.17) is 4.74 Å². The highest BCUT2D eigenvalue weighted by Crippen LogP contribution is 2.33. The average Bonchev–Trinajstić information content (AvgIpc) is 3.21. The van der Waals surface area contributed by atoms with E-state index in [0.29, 0.717) is 12.0 Å². The molecule has 0 atom stereocenters. The summed E-state index contributed by atoms with van der Waals surface area (Å²) in [6.45, 7) is 1.48. The number of benzene rings is 2. The average molecular weight is 344 g/mol. The third kappa shape index (κ3) is 3.26. The van der Waals surface area contributed by atoms with Crippen LogP contribution in [-0.4, -0.2) is 16.2 Å². The van der Waals surface area contributed by atoms with Gasteiger partial charge in [0.2, 0.25) is 0 Å². The zero-order valence-electron chi connectivity index (χ0n) is 14.4. The molecule has 4 nitrogen and oxygen atoms in total.